The van der Waals surface area contributed by atoms with Crippen LogP contribution < -0.4 is 5.32 Å². The fourth-order valence-corrected chi connectivity index (χ4v) is 2.00. The third-order valence-corrected chi connectivity index (χ3v) is 2.75. The fourth-order valence-electron chi connectivity index (χ4n) is 1.21. The highest BCUT2D eigenvalue weighted by Gasteiger charge is 2.21. The number of rotatable bonds is 1. The van der Waals surface area contributed by atoms with Crippen molar-refractivity contribution in [1.29, 1.82) is 0 Å². The van der Waals surface area contributed by atoms with Gasteiger partial charge in [0.1, 0.15) is 6.10 Å². The molecule has 1 atom stereocenters. The summed E-state index contributed by atoms with van der Waals surface area (Å²) in [4.78, 5) is 12.0. The number of nitrogens with one attached hydrogen (secondary N) is 1. The van der Waals surface area contributed by atoms with E-state index in [0.29, 0.717) is 6.54 Å². The minimum absolute atomic E-state index is 0.0289. The molecule has 1 amide bonds. The van der Waals surface area contributed by atoms with Crippen molar-refractivity contribution in [3.05, 3.63) is 22.4 Å². The highest BCUT2D eigenvalue weighted by Crippen LogP contribution is 2.26. The molecule has 0 bridgehead atoms. The summed E-state index contributed by atoms with van der Waals surface area (Å²) >= 11 is 1.63. The molecule has 0 aromatic carbocycles. The van der Waals surface area contributed by atoms with E-state index in [1.165, 1.54) is 0 Å². The van der Waals surface area contributed by atoms with Gasteiger partial charge in [-0.25, -0.2) is 4.79 Å². The Balaban J connectivity index is 2.09. The Bertz CT molecular complexity index is 271. The van der Waals surface area contributed by atoms with Crippen LogP contribution >= 0.6 is 11.3 Å². The Kier molecular flexibility index (Phi) is 1.99. The molecule has 64 valence electrons. The van der Waals surface area contributed by atoms with Crippen LogP contribution in [0.3, 0.4) is 0 Å². The molecule has 0 radical (unpaired) electrons. The molecule has 0 aliphatic carbocycles. The Morgan fingerprint density at radius 2 is 2.58 bits per heavy atom. The lowest BCUT2D eigenvalue weighted by Crippen LogP contribution is -2.33. The monoisotopic (exact) mass is 183 g/mol. The largest absolute Gasteiger partial charge is 0.440 e. The zero-order chi connectivity index (χ0) is 8.39. The van der Waals surface area contributed by atoms with E-state index >= 15 is 0 Å². The van der Waals surface area contributed by atoms with Gasteiger partial charge in [-0.2, -0.15) is 0 Å². The summed E-state index contributed by atoms with van der Waals surface area (Å²) in [6.45, 7) is 0.710. The van der Waals surface area contributed by atoms with E-state index in [1.807, 2.05) is 17.5 Å². The average molecular weight is 183 g/mol. The molecule has 0 saturated carbocycles. The van der Waals surface area contributed by atoms with Gasteiger partial charge in [0.05, 0.1) is 0 Å². The van der Waals surface area contributed by atoms with E-state index in [2.05, 4.69) is 5.32 Å². The molecule has 1 aliphatic rings. The second-order valence-corrected chi connectivity index (χ2v) is 3.60. The number of hydrogen-bond acceptors (Lipinski definition) is 3. The number of thiophene rings is 1. The van der Waals surface area contributed by atoms with Gasteiger partial charge in [-0.05, 0) is 11.4 Å². The summed E-state index contributed by atoms with van der Waals surface area (Å²) in [6.07, 6.45) is 0.533. The van der Waals surface area contributed by atoms with E-state index in [4.69, 9.17) is 4.74 Å². The van der Waals surface area contributed by atoms with Crippen molar-refractivity contribution in [2.45, 2.75) is 12.5 Å². The van der Waals surface area contributed by atoms with Crippen molar-refractivity contribution in [2.24, 2.45) is 0 Å². The van der Waals surface area contributed by atoms with Crippen LogP contribution in [0.4, 0.5) is 4.79 Å². The van der Waals surface area contributed by atoms with Crippen molar-refractivity contribution >= 4 is 17.4 Å². The molecule has 1 fully saturated rings. The predicted octanol–water partition coefficient (Wildman–Crippen LogP) is 1.92. The Hall–Kier alpha value is -1.03. The number of amides is 1. The maximum atomic E-state index is 10.8. The number of hydrogen-bond donors (Lipinski definition) is 1. The molecular weight excluding hydrogens is 174 g/mol. The lowest BCUT2D eigenvalue weighted by molar-refractivity contribution is 0.0758. The van der Waals surface area contributed by atoms with Crippen LogP contribution in [0, 0.1) is 0 Å². The minimum atomic E-state index is -0.306. The average Bonchev–Trinajstić information content (AvgIpc) is 2.56. The SMILES string of the molecule is O=C1NCCC(c2cccs2)O1. The first-order valence-electron chi connectivity index (χ1n) is 3.84. The molecular formula is C8H9NO2S. The third-order valence-electron chi connectivity index (χ3n) is 1.79. The van der Waals surface area contributed by atoms with Gasteiger partial charge in [0, 0.05) is 17.8 Å². The van der Waals surface area contributed by atoms with Crippen LogP contribution in [-0.4, -0.2) is 12.6 Å². The number of carbonyl (C=O) groups excluding carboxylic acids is 1. The molecule has 2 rings (SSSR count). The quantitative estimate of drug-likeness (QED) is 0.722. The molecule has 3 nitrogen and oxygen atoms in total. The molecule has 1 N–H and O–H groups in total. The van der Waals surface area contributed by atoms with Crippen LogP contribution in [0.2, 0.25) is 0 Å². The van der Waals surface area contributed by atoms with E-state index in [9.17, 15) is 4.79 Å². The van der Waals surface area contributed by atoms with E-state index in [1.54, 1.807) is 11.3 Å². The molecule has 4 heteroatoms. The topological polar surface area (TPSA) is 38.3 Å². The van der Waals surface area contributed by atoms with Crippen LogP contribution in [0.1, 0.15) is 17.4 Å². The second-order valence-electron chi connectivity index (χ2n) is 2.62. The maximum absolute atomic E-state index is 10.8. The summed E-state index contributed by atoms with van der Waals surface area (Å²) in [5, 5.41) is 4.61. The summed E-state index contributed by atoms with van der Waals surface area (Å²) in [5.41, 5.74) is 0. The minimum Gasteiger partial charge on any atom is -0.440 e. The lowest BCUT2D eigenvalue weighted by atomic mass is 10.2. The smallest absolute Gasteiger partial charge is 0.407 e. The Labute approximate surface area is 74.4 Å². The summed E-state index contributed by atoms with van der Waals surface area (Å²) in [6, 6.07) is 3.96. The van der Waals surface area contributed by atoms with Gasteiger partial charge in [0.2, 0.25) is 0 Å². The normalized spacial score (nSPS) is 23.0. The zero-order valence-electron chi connectivity index (χ0n) is 6.45. The van der Waals surface area contributed by atoms with Crippen LogP contribution in [0.5, 0.6) is 0 Å². The molecule has 1 aromatic rings. The van der Waals surface area contributed by atoms with Gasteiger partial charge in [-0.15, -0.1) is 11.3 Å². The van der Waals surface area contributed by atoms with Gasteiger partial charge in [0.25, 0.3) is 0 Å². The zero-order valence-corrected chi connectivity index (χ0v) is 7.26. The molecule has 1 unspecified atom stereocenters. The van der Waals surface area contributed by atoms with Crippen molar-refractivity contribution in [2.75, 3.05) is 6.54 Å². The molecule has 2 heterocycles. The Morgan fingerprint density at radius 3 is 3.25 bits per heavy atom. The summed E-state index contributed by atoms with van der Waals surface area (Å²) < 4.78 is 5.09. The standard InChI is InChI=1S/C8H9NO2S/c10-8-9-4-3-6(11-8)7-2-1-5-12-7/h1-2,5-6H,3-4H2,(H,9,10). The van der Waals surface area contributed by atoms with Crippen molar-refractivity contribution in [3.63, 3.8) is 0 Å². The van der Waals surface area contributed by atoms with Gasteiger partial charge >= 0.3 is 6.09 Å². The van der Waals surface area contributed by atoms with Crippen molar-refractivity contribution in [3.8, 4) is 0 Å². The van der Waals surface area contributed by atoms with Crippen LogP contribution in [0.15, 0.2) is 17.5 Å². The molecule has 0 spiro atoms. The molecule has 1 saturated heterocycles. The molecule has 1 aromatic heterocycles. The number of cyclic esters (lactones) is 1. The first-order valence-corrected chi connectivity index (χ1v) is 4.72. The highest BCUT2D eigenvalue weighted by atomic mass is 32.1. The predicted molar refractivity (Wildman–Crippen MR) is 46.2 cm³/mol. The van der Waals surface area contributed by atoms with E-state index < -0.39 is 0 Å². The van der Waals surface area contributed by atoms with Gasteiger partial charge in [-0.3, -0.25) is 0 Å². The van der Waals surface area contributed by atoms with Crippen LogP contribution in [0.25, 0.3) is 0 Å². The second kappa shape index (κ2) is 3.15. The van der Waals surface area contributed by atoms with Crippen LogP contribution in [-0.2, 0) is 4.74 Å². The third kappa shape index (κ3) is 1.43. The van der Waals surface area contributed by atoms with E-state index in [-0.39, 0.29) is 12.2 Å². The number of ether oxygens (including phenoxy) is 1. The lowest BCUT2D eigenvalue weighted by Gasteiger charge is -2.21. The number of alkyl carbamates (subject to hydrolysis) is 1. The molecule has 1 aliphatic heterocycles. The van der Waals surface area contributed by atoms with Crippen molar-refractivity contribution in [1.82, 2.24) is 5.32 Å². The Morgan fingerprint density at radius 1 is 1.67 bits per heavy atom. The fraction of sp³-hybridized carbons (Fsp3) is 0.375. The summed E-state index contributed by atoms with van der Waals surface area (Å²) in [7, 11) is 0. The first kappa shape index (κ1) is 7.61. The number of carbonyl (C=O) groups is 1. The van der Waals surface area contributed by atoms with Crippen molar-refractivity contribution < 1.29 is 9.53 Å². The summed E-state index contributed by atoms with van der Waals surface area (Å²) in [5.74, 6) is 0. The van der Waals surface area contributed by atoms with E-state index in [0.717, 1.165) is 11.3 Å². The van der Waals surface area contributed by atoms with Gasteiger partial charge < -0.3 is 10.1 Å². The van der Waals surface area contributed by atoms with Gasteiger partial charge in [-0.1, -0.05) is 6.07 Å². The highest BCUT2D eigenvalue weighted by molar-refractivity contribution is 7.10. The maximum Gasteiger partial charge on any atom is 0.407 e. The first-order chi connectivity index (χ1) is 5.86. The van der Waals surface area contributed by atoms with Gasteiger partial charge in [0.15, 0.2) is 0 Å². The molecule has 12 heavy (non-hydrogen) atoms.